The lowest BCUT2D eigenvalue weighted by molar-refractivity contribution is -0.121. The largest absolute Gasteiger partial charge is 0.493 e. The summed E-state index contributed by atoms with van der Waals surface area (Å²) in [4.78, 5) is 12.2. The van der Waals surface area contributed by atoms with Crippen LogP contribution in [0.15, 0.2) is 46.9 Å². The maximum atomic E-state index is 12.2. The van der Waals surface area contributed by atoms with E-state index in [2.05, 4.69) is 33.2 Å². The molecular weight excluding hydrogens is 408 g/mol. The normalized spacial score (nSPS) is 11.0. The fourth-order valence-corrected chi connectivity index (χ4v) is 2.71. The summed E-state index contributed by atoms with van der Waals surface area (Å²) in [6.45, 7) is 0.156. The van der Waals surface area contributed by atoms with E-state index in [1.54, 1.807) is 25.3 Å². The van der Waals surface area contributed by atoms with Gasteiger partial charge in [-0.25, -0.2) is 0 Å². The molecule has 0 saturated heterocycles. The Balaban J connectivity index is 1.95. The van der Waals surface area contributed by atoms with Crippen molar-refractivity contribution in [2.45, 2.75) is 18.9 Å². The van der Waals surface area contributed by atoms with Gasteiger partial charge in [-0.05, 0) is 41.8 Å². The van der Waals surface area contributed by atoms with Crippen molar-refractivity contribution in [3.05, 3.63) is 58.1 Å². The predicted molar refractivity (Wildman–Crippen MR) is 106 cm³/mol. The molecule has 1 atom stereocenters. The van der Waals surface area contributed by atoms with Crippen molar-refractivity contribution in [1.82, 2.24) is 5.32 Å². The van der Waals surface area contributed by atoms with Crippen LogP contribution in [0.4, 0.5) is 0 Å². The minimum Gasteiger partial charge on any atom is -0.493 e. The number of benzene rings is 2. The van der Waals surface area contributed by atoms with E-state index in [0.717, 1.165) is 15.6 Å². The van der Waals surface area contributed by atoms with Gasteiger partial charge in [-0.1, -0.05) is 40.0 Å². The Morgan fingerprint density at radius 2 is 2.00 bits per heavy atom. The maximum absolute atomic E-state index is 12.2. The quantitative estimate of drug-likeness (QED) is 0.651. The molecule has 0 saturated carbocycles. The number of methoxy groups -OCH3 is 1. The van der Waals surface area contributed by atoms with E-state index < -0.39 is 6.04 Å². The van der Waals surface area contributed by atoms with Crippen LogP contribution < -0.4 is 14.8 Å². The Bertz CT molecular complexity index is 866. The Hall–Kier alpha value is -2.96. The number of halogens is 1. The number of nitrogens with zero attached hydrogens (tertiary/aromatic N) is 1. The summed E-state index contributed by atoms with van der Waals surface area (Å²) < 4.78 is 11.6. The van der Waals surface area contributed by atoms with Gasteiger partial charge in [0.05, 0.1) is 13.2 Å². The number of ether oxygens (including phenoxy) is 2. The minimum atomic E-state index is -0.681. The summed E-state index contributed by atoms with van der Waals surface area (Å²) in [5.74, 6) is 3.33. The predicted octanol–water partition coefficient (Wildman–Crippen LogP) is 3.78. The molecule has 27 heavy (non-hydrogen) atoms. The number of nitrogens with one attached hydrogen (secondary N) is 1. The zero-order chi connectivity index (χ0) is 19.6. The average Bonchev–Trinajstić information content (AvgIpc) is 2.69. The highest BCUT2D eigenvalue weighted by Gasteiger charge is 2.14. The fraction of sp³-hybridized carbons (Fsp3) is 0.238. The molecule has 0 aliphatic carbocycles. The first-order chi connectivity index (χ1) is 13.1. The van der Waals surface area contributed by atoms with E-state index in [9.17, 15) is 10.1 Å². The van der Waals surface area contributed by atoms with Crippen LogP contribution in [-0.4, -0.2) is 19.6 Å². The smallest absolute Gasteiger partial charge is 0.221 e. The van der Waals surface area contributed by atoms with E-state index in [4.69, 9.17) is 15.9 Å². The molecule has 0 fully saturated rings. The van der Waals surface area contributed by atoms with E-state index in [1.165, 1.54) is 0 Å². The lowest BCUT2D eigenvalue weighted by Gasteiger charge is -2.13. The number of terminal acetylenes is 1. The molecule has 138 valence electrons. The Labute approximate surface area is 167 Å². The Kier molecular flexibility index (Phi) is 7.73. The SMILES string of the molecule is C#CCOc1ccc(CCC(=O)NC(C#N)c2ccc(Br)cc2)cc1OC. The number of aryl methyl sites for hydroxylation is 1. The summed E-state index contributed by atoms with van der Waals surface area (Å²) >= 11 is 3.35. The van der Waals surface area contributed by atoms with Gasteiger partial charge < -0.3 is 14.8 Å². The van der Waals surface area contributed by atoms with Crippen molar-refractivity contribution < 1.29 is 14.3 Å². The van der Waals surface area contributed by atoms with Gasteiger partial charge in [0.1, 0.15) is 12.6 Å². The lowest BCUT2D eigenvalue weighted by Crippen LogP contribution is -2.27. The number of hydrogen-bond acceptors (Lipinski definition) is 4. The van der Waals surface area contributed by atoms with Crippen molar-refractivity contribution in [2.24, 2.45) is 0 Å². The molecule has 0 bridgehead atoms. The molecule has 0 aliphatic rings. The molecule has 0 aliphatic heterocycles. The van der Waals surface area contributed by atoms with Crippen molar-refractivity contribution in [3.63, 3.8) is 0 Å². The van der Waals surface area contributed by atoms with E-state index in [-0.39, 0.29) is 18.9 Å². The standard InChI is InChI=1S/C21H19BrN2O3/c1-3-12-27-19-10-4-15(13-20(19)26-2)5-11-21(25)24-18(14-23)16-6-8-17(22)9-7-16/h1,4,6-10,13,18H,5,11-12H2,2H3,(H,24,25). The first kappa shape index (κ1) is 20.4. The molecule has 1 amide bonds. The summed E-state index contributed by atoms with van der Waals surface area (Å²) in [7, 11) is 1.55. The maximum Gasteiger partial charge on any atom is 0.221 e. The molecule has 2 rings (SSSR count). The highest BCUT2D eigenvalue weighted by atomic mass is 79.9. The molecular formula is C21H19BrN2O3. The molecule has 1 N–H and O–H groups in total. The van der Waals surface area contributed by atoms with Crippen LogP contribution in [0.5, 0.6) is 11.5 Å². The van der Waals surface area contributed by atoms with Gasteiger partial charge in [0.2, 0.25) is 5.91 Å². The van der Waals surface area contributed by atoms with Crippen molar-refractivity contribution in [2.75, 3.05) is 13.7 Å². The van der Waals surface area contributed by atoms with Crippen molar-refractivity contribution in [3.8, 4) is 29.9 Å². The van der Waals surface area contributed by atoms with E-state index in [0.29, 0.717) is 17.9 Å². The third kappa shape index (κ3) is 6.06. The van der Waals surface area contributed by atoms with Gasteiger partial charge in [0.25, 0.3) is 0 Å². The molecule has 0 radical (unpaired) electrons. The summed E-state index contributed by atoms with van der Waals surface area (Å²) in [6.07, 6.45) is 5.96. The zero-order valence-corrected chi connectivity index (χ0v) is 16.5. The lowest BCUT2D eigenvalue weighted by atomic mass is 10.1. The van der Waals surface area contributed by atoms with Gasteiger partial charge in [-0.15, -0.1) is 6.42 Å². The molecule has 6 heteroatoms. The number of hydrogen-bond donors (Lipinski definition) is 1. The van der Waals surface area contributed by atoms with Crippen LogP contribution in [0.1, 0.15) is 23.6 Å². The van der Waals surface area contributed by atoms with Gasteiger partial charge in [-0.2, -0.15) is 5.26 Å². The molecule has 1 unspecified atom stereocenters. The monoisotopic (exact) mass is 426 g/mol. The summed E-state index contributed by atoms with van der Waals surface area (Å²) in [5.41, 5.74) is 1.66. The van der Waals surface area contributed by atoms with Gasteiger partial charge in [-0.3, -0.25) is 4.79 Å². The van der Waals surface area contributed by atoms with Crippen molar-refractivity contribution >= 4 is 21.8 Å². The summed E-state index contributed by atoms with van der Waals surface area (Å²) in [5, 5.41) is 12.1. The number of amides is 1. The van der Waals surface area contributed by atoms with E-state index in [1.807, 2.05) is 24.3 Å². The second-order valence-corrected chi connectivity index (χ2v) is 6.57. The van der Waals surface area contributed by atoms with Crippen LogP contribution in [-0.2, 0) is 11.2 Å². The zero-order valence-electron chi connectivity index (χ0n) is 14.9. The fourth-order valence-electron chi connectivity index (χ4n) is 2.44. The summed E-state index contributed by atoms with van der Waals surface area (Å²) in [6, 6.07) is 14.2. The van der Waals surface area contributed by atoms with Crippen LogP contribution >= 0.6 is 15.9 Å². The molecule has 0 aromatic heterocycles. The van der Waals surface area contributed by atoms with Crippen LogP contribution in [0.25, 0.3) is 0 Å². The van der Waals surface area contributed by atoms with Gasteiger partial charge in [0, 0.05) is 10.9 Å². The van der Waals surface area contributed by atoms with Gasteiger partial charge >= 0.3 is 0 Å². The van der Waals surface area contributed by atoms with Crippen LogP contribution in [0, 0.1) is 23.7 Å². The Morgan fingerprint density at radius 3 is 2.63 bits per heavy atom. The van der Waals surface area contributed by atoms with Crippen LogP contribution in [0.3, 0.4) is 0 Å². The average molecular weight is 427 g/mol. The first-order valence-electron chi connectivity index (χ1n) is 8.25. The van der Waals surface area contributed by atoms with Crippen LogP contribution in [0.2, 0.25) is 0 Å². The molecule has 0 heterocycles. The third-order valence-corrected chi connectivity index (χ3v) is 4.35. The molecule has 5 nitrogen and oxygen atoms in total. The highest BCUT2D eigenvalue weighted by molar-refractivity contribution is 9.10. The second-order valence-electron chi connectivity index (χ2n) is 5.66. The number of nitriles is 1. The first-order valence-corrected chi connectivity index (χ1v) is 9.04. The Morgan fingerprint density at radius 1 is 1.26 bits per heavy atom. The van der Waals surface area contributed by atoms with Crippen molar-refractivity contribution in [1.29, 1.82) is 5.26 Å². The number of carbonyl (C=O) groups excluding carboxylic acids is 1. The highest BCUT2D eigenvalue weighted by Crippen LogP contribution is 2.28. The molecule has 2 aromatic rings. The van der Waals surface area contributed by atoms with Gasteiger partial charge in [0.15, 0.2) is 11.5 Å². The molecule has 0 spiro atoms. The third-order valence-electron chi connectivity index (χ3n) is 3.82. The topological polar surface area (TPSA) is 71.3 Å². The molecule has 2 aromatic carbocycles. The minimum absolute atomic E-state index is 0.156. The number of rotatable bonds is 8. The van der Waals surface area contributed by atoms with E-state index >= 15 is 0 Å². The number of carbonyl (C=O) groups is 1. The second kappa shape index (κ2) is 10.3.